The molecule has 7 nitrogen and oxygen atoms in total. The van der Waals surface area contributed by atoms with Gasteiger partial charge in [-0.1, -0.05) is 6.07 Å². The van der Waals surface area contributed by atoms with Gasteiger partial charge in [0.25, 0.3) is 0 Å². The van der Waals surface area contributed by atoms with E-state index in [0.717, 1.165) is 5.75 Å². The maximum absolute atomic E-state index is 12.0. The highest BCUT2D eigenvalue weighted by Crippen LogP contribution is 2.28. The molecule has 2 N–H and O–H groups in total. The molecule has 0 fully saturated rings. The van der Waals surface area contributed by atoms with Gasteiger partial charge in [-0.2, -0.15) is 0 Å². The van der Waals surface area contributed by atoms with Crippen molar-refractivity contribution in [2.24, 2.45) is 0 Å². The first-order chi connectivity index (χ1) is 12.7. The lowest BCUT2D eigenvalue weighted by molar-refractivity contribution is 0.247. The highest BCUT2D eigenvalue weighted by molar-refractivity contribution is 5.91. The van der Waals surface area contributed by atoms with E-state index in [-0.39, 0.29) is 6.03 Å². The Labute approximate surface area is 153 Å². The number of carbonyl (C=O) groups excluding carboxylic acids is 1. The van der Waals surface area contributed by atoms with Crippen LogP contribution in [0.25, 0.3) is 0 Å². The molecule has 0 aliphatic rings. The lowest BCUT2D eigenvalue weighted by atomic mass is 10.2. The molecular formula is C19H24N2O5. The number of urea groups is 1. The second-order valence-electron chi connectivity index (χ2n) is 5.20. The fraction of sp³-hybridized carbons (Fsp3) is 0.316. The van der Waals surface area contributed by atoms with Crippen LogP contribution in [0.5, 0.6) is 23.0 Å². The van der Waals surface area contributed by atoms with E-state index in [0.29, 0.717) is 42.7 Å². The zero-order valence-electron chi connectivity index (χ0n) is 15.2. The molecule has 0 unspecified atom stereocenters. The topological polar surface area (TPSA) is 78.1 Å². The molecule has 0 spiro atoms. The molecule has 26 heavy (non-hydrogen) atoms. The van der Waals surface area contributed by atoms with E-state index < -0.39 is 0 Å². The minimum atomic E-state index is -0.347. The highest BCUT2D eigenvalue weighted by atomic mass is 16.5. The van der Waals surface area contributed by atoms with Crippen molar-refractivity contribution in [3.05, 3.63) is 42.5 Å². The Morgan fingerprint density at radius 3 is 2.42 bits per heavy atom. The lowest BCUT2D eigenvalue weighted by Gasteiger charge is -2.13. The highest BCUT2D eigenvalue weighted by Gasteiger charge is 2.08. The van der Waals surface area contributed by atoms with Crippen LogP contribution >= 0.6 is 0 Å². The van der Waals surface area contributed by atoms with Crippen LogP contribution in [0.4, 0.5) is 10.5 Å². The number of amides is 2. The average Bonchev–Trinajstić information content (AvgIpc) is 2.66. The van der Waals surface area contributed by atoms with Crippen LogP contribution in [0.3, 0.4) is 0 Å². The summed E-state index contributed by atoms with van der Waals surface area (Å²) >= 11 is 0. The smallest absolute Gasteiger partial charge is 0.319 e. The van der Waals surface area contributed by atoms with E-state index >= 15 is 0 Å². The van der Waals surface area contributed by atoms with Gasteiger partial charge in [0.1, 0.15) is 29.6 Å². The normalized spacial score (nSPS) is 9.96. The SMILES string of the molecule is CCOc1cccc(OCCNC(=O)Nc2ccc(OC)cc2OC)c1. The maximum Gasteiger partial charge on any atom is 0.319 e. The molecule has 0 aliphatic carbocycles. The predicted molar refractivity (Wildman–Crippen MR) is 99.7 cm³/mol. The summed E-state index contributed by atoms with van der Waals surface area (Å²) in [5, 5.41) is 5.46. The van der Waals surface area contributed by atoms with E-state index in [2.05, 4.69) is 10.6 Å². The Kier molecular flexibility index (Phi) is 7.42. The number of methoxy groups -OCH3 is 2. The molecule has 0 aliphatic heterocycles. The van der Waals surface area contributed by atoms with Crippen molar-refractivity contribution in [1.82, 2.24) is 5.32 Å². The van der Waals surface area contributed by atoms with Crippen molar-refractivity contribution in [3.8, 4) is 23.0 Å². The van der Waals surface area contributed by atoms with E-state index in [9.17, 15) is 4.79 Å². The Morgan fingerprint density at radius 1 is 0.962 bits per heavy atom. The number of hydrogen-bond donors (Lipinski definition) is 2. The predicted octanol–water partition coefficient (Wildman–Crippen LogP) is 3.30. The van der Waals surface area contributed by atoms with Crippen LogP contribution in [0.1, 0.15) is 6.92 Å². The zero-order chi connectivity index (χ0) is 18.8. The first-order valence-electron chi connectivity index (χ1n) is 8.28. The molecule has 0 atom stereocenters. The second-order valence-corrected chi connectivity index (χ2v) is 5.20. The lowest BCUT2D eigenvalue weighted by Crippen LogP contribution is -2.32. The summed E-state index contributed by atoms with van der Waals surface area (Å²) in [4.78, 5) is 12.0. The first-order valence-corrected chi connectivity index (χ1v) is 8.28. The van der Waals surface area contributed by atoms with Crippen molar-refractivity contribution < 1.29 is 23.7 Å². The fourth-order valence-corrected chi connectivity index (χ4v) is 2.22. The molecule has 140 valence electrons. The Hall–Kier alpha value is -3.09. The standard InChI is InChI=1S/C19H24N2O5/c1-4-25-15-6-5-7-16(12-15)26-11-10-20-19(22)21-17-9-8-14(23-2)13-18(17)24-3/h5-9,12-13H,4,10-11H2,1-3H3,(H2,20,21,22). The summed E-state index contributed by atoms with van der Waals surface area (Å²) in [5.74, 6) is 2.61. The minimum absolute atomic E-state index is 0.336. The maximum atomic E-state index is 12.0. The van der Waals surface area contributed by atoms with Crippen LogP contribution in [0.2, 0.25) is 0 Å². The summed E-state index contributed by atoms with van der Waals surface area (Å²) < 4.78 is 21.4. The minimum Gasteiger partial charge on any atom is -0.497 e. The number of carbonyl (C=O) groups is 1. The number of ether oxygens (including phenoxy) is 4. The molecule has 0 bridgehead atoms. The number of benzene rings is 2. The van der Waals surface area contributed by atoms with Crippen molar-refractivity contribution >= 4 is 11.7 Å². The van der Waals surface area contributed by atoms with Crippen molar-refractivity contribution in [1.29, 1.82) is 0 Å². The van der Waals surface area contributed by atoms with Gasteiger partial charge in [0, 0.05) is 12.1 Å². The molecule has 0 saturated heterocycles. The molecule has 0 heterocycles. The Bertz CT molecular complexity index is 721. The average molecular weight is 360 g/mol. The van der Waals surface area contributed by atoms with Gasteiger partial charge in [0.15, 0.2) is 0 Å². The summed E-state index contributed by atoms with van der Waals surface area (Å²) in [6.45, 7) is 3.21. The number of nitrogens with one attached hydrogen (secondary N) is 2. The van der Waals surface area contributed by atoms with Crippen LogP contribution in [0.15, 0.2) is 42.5 Å². The van der Waals surface area contributed by atoms with Crippen LogP contribution < -0.4 is 29.6 Å². The van der Waals surface area contributed by atoms with E-state index in [4.69, 9.17) is 18.9 Å². The van der Waals surface area contributed by atoms with Gasteiger partial charge in [0.2, 0.25) is 0 Å². The van der Waals surface area contributed by atoms with Crippen LogP contribution in [0, 0.1) is 0 Å². The Morgan fingerprint density at radius 2 is 1.73 bits per heavy atom. The third kappa shape index (κ3) is 5.77. The van der Waals surface area contributed by atoms with Crippen molar-refractivity contribution in [2.45, 2.75) is 6.92 Å². The van der Waals surface area contributed by atoms with Crippen molar-refractivity contribution in [2.75, 3.05) is 39.3 Å². The van der Waals surface area contributed by atoms with E-state index in [1.807, 2.05) is 31.2 Å². The molecule has 0 aromatic heterocycles. The van der Waals surface area contributed by atoms with Crippen molar-refractivity contribution in [3.63, 3.8) is 0 Å². The molecule has 0 radical (unpaired) electrons. The summed E-state index contributed by atoms with van der Waals surface area (Å²) in [6, 6.07) is 12.2. The molecule has 7 heteroatoms. The first kappa shape index (κ1) is 19.2. The van der Waals surface area contributed by atoms with Gasteiger partial charge in [-0.05, 0) is 31.2 Å². The molecule has 0 saturated carbocycles. The Balaban J connectivity index is 1.78. The molecule has 2 amide bonds. The zero-order valence-corrected chi connectivity index (χ0v) is 15.2. The van der Waals surface area contributed by atoms with Gasteiger partial charge in [-0.15, -0.1) is 0 Å². The monoisotopic (exact) mass is 360 g/mol. The van der Waals surface area contributed by atoms with Crippen LogP contribution in [-0.2, 0) is 0 Å². The van der Waals surface area contributed by atoms with E-state index in [1.165, 1.54) is 7.11 Å². The summed E-state index contributed by atoms with van der Waals surface area (Å²) in [6.07, 6.45) is 0. The largest absolute Gasteiger partial charge is 0.497 e. The van der Waals surface area contributed by atoms with Crippen LogP contribution in [-0.4, -0.2) is 40.0 Å². The third-order valence-electron chi connectivity index (χ3n) is 3.43. The summed E-state index contributed by atoms with van der Waals surface area (Å²) in [5.41, 5.74) is 0.552. The molecule has 2 rings (SSSR count). The summed E-state index contributed by atoms with van der Waals surface area (Å²) in [7, 11) is 3.10. The number of anilines is 1. The quantitative estimate of drug-likeness (QED) is 0.671. The molecule has 2 aromatic rings. The fourth-order valence-electron chi connectivity index (χ4n) is 2.22. The van der Waals surface area contributed by atoms with Gasteiger partial charge in [-0.3, -0.25) is 0 Å². The van der Waals surface area contributed by atoms with Gasteiger partial charge in [-0.25, -0.2) is 4.79 Å². The number of hydrogen-bond acceptors (Lipinski definition) is 5. The molecular weight excluding hydrogens is 336 g/mol. The number of rotatable bonds is 9. The van der Waals surface area contributed by atoms with Gasteiger partial charge >= 0.3 is 6.03 Å². The molecule has 2 aromatic carbocycles. The van der Waals surface area contributed by atoms with E-state index in [1.54, 1.807) is 25.3 Å². The van der Waals surface area contributed by atoms with Gasteiger partial charge < -0.3 is 29.6 Å². The van der Waals surface area contributed by atoms with Gasteiger partial charge in [0.05, 0.1) is 33.1 Å². The second kappa shape index (κ2) is 10.0. The third-order valence-corrected chi connectivity index (χ3v) is 3.43.